The van der Waals surface area contributed by atoms with Gasteiger partial charge in [-0.3, -0.25) is 9.36 Å². The molecule has 4 nitrogen and oxygen atoms in total. The van der Waals surface area contributed by atoms with E-state index in [0.717, 1.165) is 0 Å². The first kappa shape index (κ1) is 18.5. The molecule has 0 aliphatic heterocycles. The lowest BCUT2D eigenvalue weighted by Crippen LogP contribution is -2.09. The van der Waals surface area contributed by atoms with Crippen LogP contribution in [0.15, 0.2) is 24.8 Å². The van der Waals surface area contributed by atoms with Crippen molar-refractivity contribution in [1.29, 1.82) is 0 Å². The molecule has 2 aromatic heterocycles. The predicted octanol–water partition coefficient (Wildman–Crippen LogP) is 4.48. The zero-order valence-corrected chi connectivity index (χ0v) is 15.7. The average Bonchev–Trinajstić information content (AvgIpc) is 2.95. The number of hydrogen-bond donors (Lipinski definition) is 0. The van der Waals surface area contributed by atoms with Gasteiger partial charge in [0.15, 0.2) is 0 Å². The number of aromatic nitrogens is 4. The van der Waals surface area contributed by atoms with Gasteiger partial charge in [-0.1, -0.05) is 41.5 Å². The maximum absolute atomic E-state index is 4.30. The highest BCUT2D eigenvalue weighted by Gasteiger charge is 2.16. The first-order valence-corrected chi connectivity index (χ1v) is 7.95. The molecule has 2 rings (SSSR count). The summed E-state index contributed by atoms with van der Waals surface area (Å²) in [5.74, 6) is 0. The highest BCUT2D eigenvalue weighted by molar-refractivity contribution is 5.15. The number of nitrogens with zero attached hydrogens (tertiary/aromatic N) is 4. The molecule has 4 heteroatoms. The molecule has 0 aliphatic rings. The van der Waals surface area contributed by atoms with Crippen LogP contribution in [0.25, 0.3) is 0 Å². The van der Waals surface area contributed by atoms with E-state index in [-0.39, 0.29) is 10.8 Å². The molecule has 22 heavy (non-hydrogen) atoms. The molecule has 2 aromatic rings. The minimum absolute atomic E-state index is 0.215. The quantitative estimate of drug-likeness (QED) is 0.778. The zero-order chi connectivity index (χ0) is 17.1. The maximum Gasteiger partial charge on any atom is 0.0527 e. The molecule has 0 aromatic carbocycles. The Bertz CT molecular complexity index is 577. The van der Waals surface area contributed by atoms with Crippen LogP contribution in [-0.2, 0) is 17.9 Å². The van der Waals surface area contributed by atoms with Crippen LogP contribution in [0.1, 0.15) is 72.6 Å². The second-order valence-corrected chi connectivity index (χ2v) is 8.21. The number of rotatable bonds is 1. The third kappa shape index (κ3) is 5.32. The molecule has 0 atom stereocenters. The van der Waals surface area contributed by atoms with Crippen LogP contribution in [0, 0.1) is 0 Å². The lowest BCUT2D eigenvalue weighted by atomic mass is 9.90. The summed E-state index contributed by atoms with van der Waals surface area (Å²) < 4.78 is 3.83. The third-order valence-electron chi connectivity index (χ3n) is 3.57. The van der Waals surface area contributed by atoms with Gasteiger partial charge in [0.05, 0.1) is 12.4 Å². The molecule has 0 bridgehead atoms. The Morgan fingerprint density at radius 3 is 1.50 bits per heavy atom. The minimum Gasteiger partial charge on any atom is -0.276 e. The van der Waals surface area contributed by atoms with Crippen molar-refractivity contribution >= 4 is 0 Å². The molecule has 0 radical (unpaired) electrons. The fraction of sp³-hybridized carbons (Fsp3) is 0.667. The molecule has 0 saturated carbocycles. The van der Waals surface area contributed by atoms with Crippen molar-refractivity contribution in [1.82, 2.24) is 19.6 Å². The summed E-state index contributed by atoms with van der Waals surface area (Å²) in [4.78, 5) is 0. The van der Waals surface area contributed by atoms with Crippen LogP contribution in [0.4, 0.5) is 0 Å². The van der Waals surface area contributed by atoms with Crippen molar-refractivity contribution in [3.63, 3.8) is 0 Å². The van der Waals surface area contributed by atoms with Gasteiger partial charge in [0.1, 0.15) is 0 Å². The SMILES string of the molecule is CC(C)n1cc(C(C)(C)C)cn1.Cn1cc(C(C)(C)C)cn1. The summed E-state index contributed by atoms with van der Waals surface area (Å²) in [5, 5.41) is 8.40. The van der Waals surface area contributed by atoms with E-state index >= 15 is 0 Å². The predicted molar refractivity (Wildman–Crippen MR) is 93.2 cm³/mol. The molecule has 0 unspecified atom stereocenters. The van der Waals surface area contributed by atoms with Gasteiger partial charge in [0.25, 0.3) is 0 Å². The van der Waals surface area contributed by atoms with Crippen LogP contribution in [-0.4, -0.2) is 19.6 Å². The molecule has 0 amide bonds. The van der Waals surface area contributed by atoms with Crippen molar-refractivity contribution in [2.45, 2.75) is 72.3 Å². The molecule has 0 aliphatic carbocycles. The van der Waals surface area contributed by atoms with Crippen molar-refractivity contribution in [3.8, 4) is 0 Å². The van der Waals surface area contributed by atoms with Gasteiger partial charge in [-0.25, -0.2) is 0 Å². The Hall–Kier alpha value is -1.58. The van der Waals surface area contributed by atoms with E-state index in [1.54, 1.807) is 0 Å². The summed E-state index contributed by atoms with van der Waals surface area (Å²) in [6.07, 6.45) is 8.06. The molecule has 124 valence electrons. The van der Waals surface area contributed by atoms with Crippen molar-refractivity contribution < 1.29 is 0 Å². The van der Waals surface area contributed by atoms with E-state index in [0.29, 0.717) is 6.04 Å². The monoisotopic (exact) mass is 304 g/mol. The molecule has 0 fully saturated rings. The molecule has 2 heterocycles. The smallest absolute Gasteiger partial charge is 0.0527 e. The van der Waals surface area contributed by atoms with Gasteiger partial charge in [-0.15, -0.1) is 0 Å². The Morgan fingerprint density at radius 2 is 1.27 bits per heavy atom. The Labute approximate surface area is 135 Å². The summed E-state index contributed by atoms with van der Waals surface area (Å²) in [5.41, 5.74) is 3.03. The zero-order valence-electron chi connectivity index (χ0n) is 15.7. The van der Waals surface area contributed by atoms with Crippen LogP contribution in [0.3, 0.4) is 0 Å². The van der Waals surface area contributed by atoms with Gasteiger partial charge in [-0.2, -0.15) is 10.2 Å². The standard InChI is InChI=1S/C10H18N2.C8H14N2/c1-8(2)12-7-9(6-11-12)10(3,4)5;1-8(2,3)7-5-9-10(4)6-7/h6-8H,1-5H3;5-6H,1-4H3. The normalized spacial score (nSPS) is 12.3. The van der Waals surface area contributed by atoms with Crippen LogP contribution in [0.2, 0.25) is 0 Å². The van der Waals surface area contributed by atoms with Gasteiger partial charge in [-0.05, 0) is 35.8 Å². The summed E-state index contributed by atoms with van der Waals surface area (Å²) in [6, 6.07) is 0.459. The average molecular weight is 304 g/mol. The van der Waals surface area contributed by atoms with E-state index in [4.69, 9.17) is 0 Å². The number of aryl methyl sites for hydroxylation is 1. The molecular formula is C18H32N4. The largest absolute Gasteiger partial charge is 0.276 e. The van der Waals surface area contributed by atoms with Crippen LogP contribution in [0.5, 0.6) is 0 Å². The molecule has 0 N–H and O–H groups in total. The highest BCUT2D eigenvalue weighted by Crippen LogP contribution is 2.22. The van der Waals surface area contributed by atoms with Gasteiger partial charge in [0, 0.05) is 25.5 Å². The Morgan fingerprint density at radius 1 is 0.818 bits per heavy atom. The van der Waals surface area contributed by atoms with E-state index in [2.05, 4.69) is 78.0 Å². The lowest BCUT2D eigenvalue weighted by Gasteiger charge is -2.15. The number of hydrogen-bond acceptors (Lipinski definition) is 2. The van der Waals surface area contributed by atoms with Gasteiger partial charge < -0.3 is 0 Å². The molecule has 0 saturated heterocycles. The first-order valence-electron chi connectivity index (χ1n) is 7.95. The van der Waals surface area contributed by atoms with E-state index in [9.17, 15) is 0 Å². The van der Waals surface area contributed by atoms with Crippen LogP contribution >= 0.6 is 0 Å². The Balaban J connectivity index is 0.000000224. The van der Waals surface area contributed by atoms with Crippen molar-refractivity contribution in [2.24, 2.45) is 7.05 Å². The maximum atomic E-state index is 4.30. The molecule has 0 spiro atoms. The lowest BCUT2D eigenvalue weighted by molar-refractivity contribution is 0.528. The summed E-state index contributed by atoms with van der Waals surface area (Å²) >= 11 is 0. The van der Waals surface area contributed by atoms with Gasteiger partial charge >= 0.3 is 0 Å². The van der Waals surface area contributed by atoms with Crippen LogP contribution < -0.4 is 0 Å². The van der Waals surface area contributed by atoms with Gasteiger partial charge in [0.2, 0.25) is 0 Å². The van der Waals surface area contributed by atoms with E-state index < -0.39 is 0 Å². The first-order chi connectivity index (χ1) is 9.91. The summed E-state index contributed by atoms with van der Waals surface area (Å²) in [7, 11) is 1.94. The highest BCUT2D eigenvalue weighted by atomic mass is 15.3. The van der Waals surface area contributed by atoms with Crippen molar-refractivity contribution in [2.75, 3.05) is 0 Å². The fourth-order valence-electron chi connectivity index (χ4n) is 1.82. The second-order valence-electron chi connectivity index (χ2n) is 8.21. The van der Waals surface area contributed by atoms with E-state index in [1.807, 2.05) is 28.8 Å². The fourth-order valence-corrected chi connectivity index (χ4v) is 1.82. The minimum atomic E-state index is 0.215. The third-order valence-corrected chi connectivity index (χ3v) is 3.57. The van der Waals surface area contributed by atoms with Crippen molar-refractivity contribution in [3.05, 3.63) is 35.9 Å². The topological polar surface area (TPSA) is 35.6 Å². The Kier molecular flexibility index (Phi) is 5.60. The summed E-state index contributed by atoms with van der Waals surface area (Å²) in [6.45, 7) is 17.4. The molecular weight excluding hydrogens is 272 g/mol. The van der Waals surface area contributed by atoms with E-state index in [1.165, 1.54) is 11.1 Å². The second kappa shape index (κ2) is 6.67.